The summed E-state index contributed by atoms with van der Waals surface area (Å²) in [5, 5.41) is 5.87. The largest absolute Gasteiger partial charge is 0.462 e. The number of ether oxygens (including phenoxy) is 1. The number of esters is 1. The van der Waals surface area contributed by atoms with Gasteiger partial charge < -0.3 is 15.4 Å². The van der Waals surface area contributed by atoms with Gasteiger partial charge in [0, 0.05) is 22.4 Å². The molecule has 0 fully saturated rings. The van der Waals surface area contributed by atoms with Crippen LogP contribution in [0.5, 0.6) is 0 Å². The lowest BCUT2D eigenvalue weighted by atomic mass is 10.0. The Hall–Kier alpha value is -4.57. The van der Waals surface area contributed by atoms with Crippen LogP contribution in [-0.2, 0) is 19.4 Å². The Morgan fingerprint density at radius 1 is 0.947 bits per heavy atom. The monoisotopic (exact) mass is 529 g/mol. The number of para-hydroxylation sites is 2. The average molecular weight is 530 g/mol. The van der Waals surface area contributed by atoms with Crippen molar-refractivity contribution in [2.75, 3.05) is 11.9 Å². The van der Waals surface area contributed by atoms with E-state index in [0.29, 0.717) is 23.5 Å². The highest BCUT2D eigenvalue weighted by Crippen LogP contribution is 2.35. The van der Waals surface area contributed by atoms with Crippen molar-refractivity contribution >= 4 is 44.7 Å². The number of carbonyl (C=O) groups excluding carboxylic acids is 3. The number of aliphatic imine (C=N–C) groups is 1. The number of fused-ring (bicyclic) bond motifs is 3. The van der Waals surface area contributed by atoms with Gasteiger partial charge in [0.05, 0.1) is 27.8 Å². The van der Waals surface area contributed by atoms with Crippen LogP contribution in [0.4, 0.5) is 11.4 Å². The number of benzene rings is 3. The van der Waals surface area contributed by atoms with E-state index in [0.717, 1.165) is 0 Å². The van der Waals surface area contributed by atoms with Crippen LogP contribution in [0.3, 0.4) is 0 Å². The number of carbonyl (C=O) groups is 3. The third kappa shape index (κ3) is 4.18. The van der Waals surface area contributed by atoms with E-state index in [4.69, 9.17) is 4.74 Å². The zero-order valence-electron chi connectivity index (χ0n) is 20.6. The van der Waals surface area contributed by atoms with Crippen LogP contribution in [0.15, 0.2) is 92.8 Å². The first-order chi connectivity index (χ1) is 18.3. The molecule has 9 nitrogen and oxygen atoms in total. The van der Waals surface area contributed by atoms with E-state index in [1.54, 1.807) is 31.2 Å². The maximum Gasteiger partial charge on any atom is 0.343 e. The van der Waals surface area contributed by atoms with Gasteiger partial charge in [-0.05, 0) is 55.8 Å². The zero-order chi connectivity index (χ0) is 27.0. The second-order valence-electron chi connectivity index (χ2n) is 8.52. The Bertz CT molecular complexity index is 1690. The smallest absolute Gasteiger partial charge is 0.343 e. The minimum Gasteiger partial charge on any atom is -0.462 e. The summed E-state index contributed by atoms with van der Waals surface area (Å²) in [4.78, 5) is 43.5. The molecule has 38 heavy (non-hydrogen) atoms. The average Bonchev–Trinajstić information content (AvgIpc) is 3.08. The van der Waals surface area contributed by atoms with Gasteiger partial charge in [0.15, 0.2) is 5.78 Å². The number of amidine groups is 1. The van der Waals surface area contributed by atoms with Crippen molar-refractivity contribution in [2.24, 2.45) is 4.99 Å². The minimum atomic E-state index is -4.04. The molecule has 0 saturated heterocycles. The van der Waals surface area contributed by atoms with Crippen LogP contribution >= 0.6 is 0 Å². The molecule has 0 aliphatic carbocycles. The quantitative estimate of drug-likeness (QED) is 0.379. The number of ketones is 1. The fraction of sp³-hybridized carbons (Fsp3) is 0.143. The number of rotatable bonds is 4. The van der Waals surface area contributed by atoms with Crippen molar-refractivity contribution in [3.8, 4) is 0 Å². The first-order valence-corrected chi connectivity index (χ1v) is 13.4. The SMILES string of the molecule is CCOC(=O)C1=C(CC)Nc2ccccc2N=C1NC(=O)c1ccc2c(c1)S(=O)(=O)c1ccccc1C2=O. The molecular weight excluding hydrogens is 506 g/mol. The summed E-state index contributed by atoms with van der Waals surface area (Å²) in [6, 6.07) is 16.9. The number of anilines is 1. The molecule has 192 valence electrons. The number of amides is 1. The van der Waals surface area contributed by atoms with Crippen molar-refractivity contribution < 1.29 is 27.5 Å². The summed E-state index contributed by atoms with van der Waals surface area (Å²) < 4.78 is 31.8. The second-order valence-corrected chi connectivity index (χ2v) is 10.4. The van der Waals surface area contributed by atoms with Gasteiger partial charge in [-0.1, -0.05) is 31.2 Å². The van der Waals surface area contributed by atoms with Gasteiger partial charge in [-0.25, -0.2) is 18.2 Å². The van der Waals surface area contributed by atoms with Crippen molar-refractivity contribution in [3.05, 3.63) is 94.7 Å². The zero-order valence-corrected chi connectivity index (χ0v) is 21.4. The maximum atomic E-state index is 13.4. The van der Waals surface area contributed by atoms with Gasteiger partial charge in [-0.3, -0.25) is 9.59 Å². The Balaban J connectivity index is 1.57. The van der Waals surface area contributed by atoms with E-state index in [1.165, 1.54) is 36.4 Å². The highest BCUT2D eigenvalue weighted by Gasteiger charge is 2.35. The third-order valence-electron chi connectivity index (χ3n) is 6.22. The van der Waals surface area contributed by atoms with E-state index in [1.807, 2.05) is 13.0 Å². The predicted octanol–water partition coefficient (Wildman–Crippen LogP) is 4.18. The van der Waals surface area contributed by atoms with Gasteiger partial charge in [0.25, 0.3) is 5.91 Å². The molecule has 5 rings (SSSR count). The van der Waals surface area contributed by atoms with Crippen molar-refractivity contribution in [1.29, 1.82) is 0 Å². The highest BCUT2D eigenvalue weighted by molar-refractivity contribution is 7.91. The lowest BCUT2D eigenvalue weighted by Gasteiger charge is -2.19. The lowest BCUT2D eigenvalue weighted by Crippen LogP contribution is -2.36. The summed E-state index contributed by atoms with van der Waals surface area (Å²) in [5.74, 6) is -1.85. The normalized spacial score (nSPS) is 15.2. The molecule has 2 aliphatic heterocycles. The summed E-state index contributed by atoms with van der Waals surface area (Å²) in [5.41, 5.74) is 1.76. The van der Waals surface area contributed by atoms with Crippen LogP contribution in [-0.4, -0.2) is 38.5 Å². The van der Waals surface area contributed by atoms with Crippen LogP contribution in [0, 0.1) is 0 Å². The Kier molecular flexibility index (Phi) is 6.41. The van der Waals surface area contributed by atoms with Crippen LogP contribution in [0.1, 0.15) is 46.5 Å². The number of hydrogen-bond donors (Lipinski definition) is 2. The number of allylic oxidation sites excluding steroid dienone is 1. The van der Waals surface area contributed by atoms with Crippen LogP contribution in [0.25, 0.3) is 0 Å². The molecule has 2 N–H and O–H groups in total. The van der Waals surface area contributed by atoms with E-state index in [2.05, 4.69) is 15.6 Å². The molecule has 0 spiro atoms. The van der Waals surface area contributed by atoms with Gasteiger partial charge in [0.1, 0.15) is 11.4 Å². The van der Waals surface area contributed by atoms with Crippen molar-refractivity contribution in [2.45, 2.75) is 30.1 Å². The number of sulfone groups is 1. The molecule has 3 aromatic carbocycles. The number of hydrogen-bond acceptors (Lipinski definition) is 8. The first kappa shape index (κ1) is 25.1. The Labute approximate surface area is 219 Å². The summed E-state index contributed by atoms with van der Waals surface area (Å²) in [6.07, 6.45) is 0.413. The van der Waals surface area contributed by atoms with E-state index < -0.39 is 27.5 Å². The lowest BCUT2D eigenvalue weighted by molar-refractivity contribution is -0.137. The molecule has 0 saturated carbocycles. The molecule has 1 amide bonds. The molecule has 10 heteroatoms. The highest BCUT2D eigenvalue weighted by atomic mass is 32.2. The maximum absolute atomic E-state index is 13.4. The molecule has 2 heterocycles. The van der Waals surface area contributed by atoms with Gasteiger partial charge in [-0.2, -0.15) is 0 Å². The van der Waals surface area contributed by atoms with Crippen LogP contribution < -0.4 is 10.6 Å². The first-order valence-electron chi connectivity index (χ1n) is 12.0. The summed E-state index contributed by atoms with van der Waals surface area (Å²) in [7, 11) is -4.04. The van der Waals surface area contributed by atoms with Crippen molar-refractivity contribution in [3.63, 3.8) is 0 Å². The van der Waals surface area contributed by atoms with Gasteiger partial charge in [-0.15, -0.1) is 0 Å². The van der Waals surface area contributed by atoms with Gasteiger partial charge in [0.2, 0.25) is 9.84 Å². The molecule has 3 aromatic rings. The third-order valence-corrected chi connectivity index (χ3v) is 8.08. The fourth-order valence-electron chi connectivity index (χ4n) is 4.41. The van der Waals surface area contributed by atoms with E-state index in [-0.39, 0.29) is 44.5 Å². The molecule has 0 aromatic heterocycles. The minimum absolute atomic E-state index is 0.00874. The molecule has 0 unspecified atom stereocenters. The van der Waals surface area contributed by atoms with E-state index >= 15 is 0 Å². The molecule has 0 atom stereocenters. The van der Waals surface area contributed by atoms with Crippen LogP contribution in [0.2, 0.25) is 0 Å². The second kappa shape index (κ2) is 9.71. The predicted molar refractivity (Wildman–Crippen MR) is 140 cm³/mol. The van der Waals surface area contributed by atoms with Crippen molar-refractivity contribution in [1.82, 2.24) is 5.32 Å². The van der Waals surface area contributed by atoms with Gasteiger partial charge >= 0.3 is 5.97 Å². The molecule has 0 bridgehead atoms. The summed E-state index contributed by atoms with van der Waals surface area (Å²) >= 11 is 0. The standard InChI is InChI=1S/C28H23N3O6S/c1-3-19-24(28(34)37-4-2)26(30-21-11-7-6-10-20(21)29-19)31-27(33)16-13-14-18-23(15-16)38(35,36)22-12-8-5-9-17(22)25(18)32/h5-15,29H,3-4H2,1-2H3,(H,30,31,33). The fourth-order valence-corrected chi connectivity index (χ4v) is 6.08. The topological polar surface area (TPSA) is 131 Å². The Morgan fingerprint density at radius 3 is 2.42 bits per heavy atom. The molecular formula is C28H23N3O6S. The number of nitrogens with one attached hydrogen (secondary N) is 2. The Morgan fingerprint density at radius 2 is 1.66 bits per heavy atom. The van der Waals surface area contributed by atoms with E-state index in [9.17, 15) is 22.8 Å². The summed E-state index contributed by atoms with van der Waals surface area (Å²) in [6.45, 7) is 3.63. The molecule has 2 aliphatic rings. The number of nitrogens with zero attached hydrogens (tertiary/aromatic N) is 1. The molecule has 0 radical (unpaired) electrons.